The highest BCUT2D eigenvalue weighted by Crippen LogP contribution is 2.19. The molecule has 1 aliphatic heterocycles. The molecule has 1 aromatic rings. The zero-order valence-corrected chi connectivity index (χ0v) is 9.80. The molecule has 3 atom stereocenters. The third-order valence-electron chi connectivity index (χ3n) is 2.99. The first-order valence-corrected chi connectivity index (χ1v) is 5.78. The van der Waals surface area contributed by atoms with E-state index in [0.29, 0.717) is 13.2 Å². The van der Waals surface area contributed by atoms with Gasteiger partial charge in [-0.3, -0.25) is 4.79 Å². The molecule has 1 saturated heterocycles. The summed E-state index contributed by atoms with van der Waals surface area (Å²) in [5.41, 5.74) is 1.10. The van der Waals surface area contributed by atoms with Crippen LogP contribution in [0.5, 0.6) is 0 Å². The molecule has 1 fully saturated rings. The Morgan fingerprint density at radius 3 is 2.71 bits per heavy atom. The van der Waals surface area contributed by atoms with Crippen LogP contribution in [0.25, 0.3) is 0 Å². The van der Waals surface area contributed by atoms with Crippen LogP contribution in [-0.2, 0) is 16.1 Å². The van der Waals surface area contributed by atoms with Crippen molar-refractivity contribution in [3.05, 3.63) is 35.9 Å². The molecule has 0 aliphatic carbocycles. The van der Waals surface area contributed by atoms with Crippen molar-refractivity contribution in [3.63, 3.8) is 0 Å². The number of rotatable bonds is 5. The first-order chi connectivity index (χ1) is 8.18. The molecule has 1 aromatic carbocycles. The molecule has 0 spiro atoms. The standard InChI is InChI=1S/C13H17NO3/c1-9(15)12-11(14-13(12)16)8-17-7-10-5-3-2-4-6-10/h2-6,9,11-12,15H,7-8H2,1H3,(H,14,16)/t9-,11?,12?/m0/s1. The Balaban J connectivity index is 1.75. The van der Waals surface area contributed by atoms with E-state index in [0.717, 1.165) is 5.56 Å². The van der Waals surface area contributed by atoms with Gasteiger partial charge in [-0.05, 0) is 12.5 Å². The molecular formula is C13H17NO3. The minimum absolute atomic E-state index is 0.0637. The lowest BCUT2D eigenvalue weighted by Crippen LogP contribution is -2.63. The largest absolute Gasteiger partial charge is 0.393 e. The topological polar surface area (TPSA) is 58.6 Å². The zero-order chi connectivity index (χ0) is 12.3. The van der Waals surface area contributed by atoms with E-state index in [1.165, 1.54) is 0 Å². The van der Waals surface area contributed by atoms with E-state index in [1.54, 1.807) is 6.92 Å². The predicted molar refractivity (Wildman–Crippen MR) is 63.2 cm³/mol. The van der Waals surface area contributed by atoms with Gasteiger partial charge in [-0.1, -0.05) is 30.3 Å². The molecule has 0 bridgehead atoms. The van der Waals surface area contributed by atoms with Gasteiger partial charge in [0.15, 0.2) is 0 Å². The number of benzene rings is 1. The summed E-state index contributed by atoms with van der Waals surface area (Å²) >= 11 is 0. The van der Waals surface area contributed by atoms with E-state index in [4.69, 9.17) is 4.74 Å². The van der Waals surface area contributed by atoms with Gasteiger partial charge >= 0.3 is 0 Å². The number of hydrogen-bond acceptors (Lipinski definition) is 3. The second kappa shape index (κ2) is 5.29. The molecule has 0 aromatic heterocycles. The first-order valence-electron chi connectivity index (χ1n) is 5.78. The predicted octanol–water partition coefficient (Wildman–Crippen LogP) is 0.699. The zero-order valence-electron chi connectivity index (χ0n) is 9.80. The van der Waals surface area contributed by atoms with Crippen molar-refractivity contribution in [2.75, 3.05) is 6.61 Å². The maximum absolute atomic E-state index is 11.2. The van der Waals surface area contributed by atoms with Crippen LogP contribution >= 0.6 is 0 Å². The van der Waals surface area contributed by atoms with Crippen LogP contribution in [0.15, 0.2) is 30.3 Å². The summed E-state index contributed by atoms with van der Waals surface area (Å²) in [6, 6.07) is 9.80. The van der Waals surface area contributed by atoms with Crippen LogP contribution in [0.4, 0.5) is 0 Å². The van der Waals surface area contributed by atoms with Gasteiger partial charge in [0.05, 0.1) is 31.3 Å². The fourth-order valence-corrected chi connectivity index (χ4v) is 2.03. The summed E-state index contributed by atoms with van der Waals surface area (Å²) in [5, 5.41) is 12.1. The highest BCUT2D eigenvalue weighted by molar-refractivity contribution is 5.86. The summed E-state index contributed by atoms with van der Waals surface area (Å²) in [7, 11) is 0. The molecule has 17 heavy (non-hydrogen) atoms. The van der Waals surface area contributed by atoms with Gasteiger partial charge in [-0.2, -0.15) is 0 Å². The fourth-order valence-electron chi connectivity index (χ4n) is 2.03. The first kappa shape index (κ1) is 12.1. The second-order valence-corrected chi connectivity index (χ2v) is 4.38. The van der Waals surface area contributed by atoms with Crippen molar-refractivity contribution >= 4 is 5.91 Å². The summed E-state index contributed by atoms with van der Waals surface area (Å²) < 4.78 is 5.53. The maximum atomic E-state index is 11.2. The maximum Gasteiger partial charge on any atom is 0.228 e. The van der Waals surface area contributed by atoms with E-state index in [-0.39, 0.29) is 17.9 Å². The van der Waals surface area contributed by atoms with Crippen molar-refractivity contribution in [1.82, 2.24) is 5.32 Å². The quantitative estimate of drug-likeness (QED) is 0.739. The highest BCUT2D eigenvalue weighted by Gasteiger charge is 2.42. The Labute approximate surface area is 101 Å². The SMILES string of the molecule is C[C@H](O)C1C(=O)NC1COCc1ccccc1. The molecule has 4 nitrogen and oxygen atoms in total. The lowest BCUT2D eigenvalue weighted by molar-refractivity contribution is -0.143. The normalized spacial score (nSPS) is 24.9. The lowest BCUT2D eigenvalue weighted by Gasteiger charge is -2.38. The number of ether oxygens (including phenoxy) is 1. The molecule has 2 rings (SSSR count). The summed E-state index contributed by atoms with van der Waals surface area (Å²) in [5.74, 6) is -0.418. The van der Waals surface area contributed by atoms with Gasteiger partial charge in [0.1, 0.15) is 0 Å². The van der Waals surface area contributed by atoms with E-state index >= 15 is 0 Å². The Morgan fingerprint density at radius 2 is 2.12 bits per heavy atom. The van der Waals surface area contributed by atoms with Crippen LogP contribution in [0.2, 0.25) is 0 Å². The number of hydrogen-bond donors (Lipinski definition) is 2. The molecule has 2 N–H and O–H groups in total. The molecule has 0 saturated carbocycles. The number of amides is 1. The van der Waals surface area contributed by atoms with E-state index in [2.05, 4.69) is 5.32 Å². The molecular weight excluding hydrogens is 218 g/mol. The number of carbonyl (C=O) groups excluding carboxylic acids is 1. The number of aliphatic hydroxyl groups is 1. The minimum atomic E-state index is -0.617. The van der Waals surface area contributed by atoms with E-state index in [1.807, 2.05) is 30.3 Å². The van der Waals surface area contributed by atoms with Crippen LogP contribution in [0.3, 0.4) is 0 Å². The lowest BCUT2D eigenvalue weighted by atomic mass is 9.87. The average molecular weight is 235 g/mol. The van der Waals surface area contributed by atoms with Gasteiger partial charge in [-0.15, -0.1) is 0 Å². The van der Waals surface area contributed by atoms with Crippen LogP contribution in [0, 0.1) is 5.92 Å². The summed E-state index contributed by atoms with van der Waals surface area (Å²) in [6.07, 6.45) is -0.617. The van der Waals surface area contributed by atoms with E-state index in [9.17, 15) is 9.90 Å². The monoisotopic (exact) mass is 235 g/mol. The number of aliphatic hydroxyl groups excluding tert-OH is 1. The smallest absolute Gasteiger partial charge is 0.228 e. The van der Waals surface area contributed by atoms with Gasteiger partial charge in [0.25, 0.3) is 0 Å². The Morgan fingerprint density at radius 1 is 1.41 bits per heavy atom. The van der Waals surface area contributed by atoms with Gasteiger partial charge < -0.3 is 15.2 Å². The molecule has 0 radical (unpaired) electrons. The molecule has 92 valence electrons. The molecule has 2 unspecified atom stereocenters. The number of carbonyl (C=O) groups is 1. The van der Waals surface area contributed by atoms with Gasteiger partial charge in [0.2, 0.25) is 5.91 Å². The fraction of sp³-hybridized carbons (Fsp3) is 0.462. The van der Waals surface area contributed by atoms with Crippen LogP contribution in [-0.4, -0.2) is 29.8 Å². The second-order valence-electron chi connectivity index (χ2n) is 4.38. The molecule has 1 amide bonds. The van der Waals surface area contributed by atoms with Crippen molar-refractivity contribution < 1.29 is 14.6 Å². The van der Waals surface area contributed by atoms with Crippen molar-refractivity contribution in [2.45, 2.75) is 25.7 Å². The van der Waals surface area contributed by atoms with Gasteiger partial charge in [0, 0.05) is 0 Å². The number of β-lactam (4-membered cyclic amide) rings is 1. The average Bonchev–Trinajstić information content (AvgIpc) is 2.28. The number of nitrogens with one attached hydrogen (secondary N) is 1. The highest BCUT2D eigenvalue weighted by atomic mass is 16.5. The minimum Gasteiger partial charge on any atom is -0.393 e. The van der Waals surface area contributed by atoms with Crippen LogP contribution < -0.4 is 5.32 Å². The summed E-state index contributed by atoms with van der Waals surface area (Å²) in [4.78, 5) is 11.2. The molecule has 1 aliphatic rings. The Hall–Kier alpha value is -1.39. The van der Waals surface area contributed by atoms with Crippen molar-refractivity contribution in [2.24, 2.45) is 5.92 Å². The van der Waals surface area contributed by atoms with E-state index < -0.39 is 6.10 Å². The van der Waals surface area contributed by atoms with Crippen LogP contribution in [0.1, 0.15) is 12.5 Å². The molecule has 1 heterocycles. The van der Waals surface area contributed by atoms with Crippen molar-refractivity contribution in [3.8, 4) is 0 Å². The Bertz CT molecular complexity index is 378. The third-order valence-corrected chi connectivity index (χ3v) is 2.99. The van der Waals surface area contributed by atoms with Crippen molar-refractivity contribution in [1.29, 1.82) is 0 Å². The third kappa shape index (κ3) is 2.84. The molecule has 4 heteroatoms. The Kier molecular flexibility index (Phi) is 3.76. The van der Waals surface area contributed by atoms with Gasteiger partial charge in [-0.25, -0.2) is 0 Å². The summed E-state index contributed by atoms with van der Waals surface area (Å²) in [6.45, 7) is 2.60.